The average Bonchev–Trinajstić information content (AvgIpc) is 2.69. The van der Waals surface area contributed by atoms with Gasteiger partial charge in [0.1, 0.15) is 11.6 Å². The van der Waals surface area contributed by atoms with E-state index in [0.717, 1.165) is 43.4 Å². The summed E-state index contributed by atoms with van der Waals surface area (Å²) < 4.78 is 18.9. The van der Waals surface area contributed by atoms with E-state index in [2.05, 4.69) is 31.6 Å². The summed E-state index contributed by atoms with van der Waals surface area (Å²) in [5.41, 5.74) is 3.47. The smallest absolute Gasteiger partial charge is 0.229 e. The first kappa shape index (κ1) is 18.2. The van der Waals surface area contributed by atoms with E-state index < -0.39 is 0 Å². The molecule has 1 fully saturated rings. The monoisotopic (exact) mass is 379 g/mol. The highest BCUT2D eigenvalue weighted by Gasteiger charge is 2.15. The van der Waals surface area contributed by atoms with Crippen molar-refractivity contribution in [2.75, 3.05) is 41.8 Å². The van der Waals surface area contributed by atoms with Crippen molar-refractivity contribution < 1.29 is 9.13 Å². The maximum absolute atomic E-state index is 13.4. The van der Waals surface area contributed by atoms with E-state index >= 15 is 0 Å². The highest BCUT2D eigenvalue weighted by molar-refractivity contribution is 5.74. The van der Waals surface area contributed by atoms with Gasteiger partial charge in [0.15, 0.2) is 0 Å². The van der Waals surface area contributed by atoms with Crippen LogP contribution in [0.4, 0.5) is 33.2 Å². The zero-order valence-electron chi connectivity index (χ0n) is 15.7. The molecule has 3 aromatic rings. The average molecular weight is 379 g/mol. The van der Waals surface area contributed by atoms with Gasteiger partial charge in [0, 0.05) is 30.5 Å². The second kappa shape index (κ2) is 8.22. The first-order valence-electron chi connectivity index (χ1n) is 9.24. The minimum Gasteiger partial charge on any atom is -0.378 e. The van der Waals surface area contributed by atoms with Crippen molar-refractivity contribution in [3.05, 3.63) is 66.1 Å². The van der Waals surface area contributed by atoms with Crippen LogP contribution < -0.4 is 15.5 Å². The van der Waals surface area contributed by atoms with Crippen LogP contribution in [0.5, 0.6) is 0 Å². The Labute approximate surface area is 163 Å². The largest absolute Gasteiger partial charge is 0.378 e. The lowest BCUT2D eigenvalue weighted by atomic mass is 10.2. The molecule has 1 saturated heterocycles. The Morgan fingerprint density at radius 2 is 1.79 bits per heavy atom. The lowest BCUT2D eigenvalue weighted by Crippen LogP contribution is -2.36. The van der Waals surface area contributed by atoms with Gasteiger partial charge in [-0.25, -0.2) is 9.37 Å². The van der Waals surface area contributed by atoms with E-state index in [4.69, 9.17) is 4.74 Å². The number of anilines is 5. The number of aryl methyl sites for hydroxylation is 1. The fourth-order valence-corrected chi connectivity index (χ4v) is 3.18. The summed E-state index contributed by atoms with van der Waals surface area (Å²) in [6.07, 6.45) is 0. The first-order valence-corrected chi connectivity index (χ1v) is 9.24. The maximum atomic E-state index is 13.4. The topological polar surface area (TPSA) is 62.3 Å². The summed E-state index contributed by atoms with van der Waals surface area (Å²) in [4.78, 5) is 11.3. The van der Waals surface area contributed by atoms with Gasteiger partial charge < -0.3 is 20.3 Å². The molecule has 2 heterocycles. The number of aromatic nitrogens is 2. The van der Waals surface area contributed by atoms with Crippen molar-refractivity contribution in [3.63, 3.8) is 0 Å². The predicted molar refractivity (Wildman–Crippen MR) is 109 cm³/mol. The van der Waals surface area contributed by atoms with Gasteiger partial charge in [-0.15, -0.1) is 0 Å². The predicted octanol–water partition coefficient (Wildman–Crippen LogP) is 4.25. The van der Waals surface area contributed by atoms with E-state index in [1.165, 1.54) is 12.1 Å². The van der Waals surface area contributed by atoms with Crippen molar-refractivity contribution >= 4 is 28.8 Å². The number of para-hydroxylation sites is 2. The number of hydrogen-bond acceptors (Lipinski definition) is 6. The molecule has 0 aliphatic carbocycles. The molecule has 0 saturated carbocycles. The van der Waals surface area contributed by atoms with E-state index in [0.29, 0.717) is 17.5 Å². The van der Waals surface area contributed by atoms with Crippen LogP contribution in [-0.4, -0.2) is 36.3 Å². The zero-order chi connectivity index (χ0) is 19.3. The number of ether oxygens (including phenoxy) is 1. The molecule has 4 rings (SSSR count). The van der Waals surface area contributed by atoms with E-state index in [-0.39, 0.29) is 5.82 Å². The van der Waals surface area contributed by atoms with Gasteiger partial charge in [0.25, 0.3) is 0 Å². The second-order valence-corrected chi connectivity index (χ2v) is 6.60. The van der Waals surface area contributed by atoms with Crippen molar-refractivity contribution in [2.45, 2.75) is 6.92 Å². The van der Waals surface area contributed by atoms with Crippen LogP contribution in [0.3, 0.4) is 0 Å². The summed E-state index contributed by atoms with van der Waals surface area (Å²) in [6.45, 7) is 5.03. The molecular formula is C21H22FN5O. The number of rotatable bonds is 5. The Morgan fingerprint density at radius 3 is 2.61 bits per heavy atom. The van der Waals surface area contributed by atoms with E-state index in [1.807, 2.05) is 31.2 Å². The molecule has 7 heteroatoms. The number of nitrogens with zero attached hydrogens (tertiary/aromatic N) is 3. The van der Waals surface area contributed by atoms with Crippen LogP contribution in [0, 0.1) is 12.7 Å². The Morgan fingerprint density at radius 1 is 0.964 bits per heavy atom. The third kappa shape index (κ3) is 4.37. The van der Waals surface area contributed by atoms with Gasteiger partial charge in [-0.3, -0.25) is 0 Å². The molecule has 28 heavy (non-hydrogen) atoms. The van der Waals surface area contributed by atoms with Gasteiger partial charge in [0.05, 0.1) is 24.6 Å². The quantitative estimate of drug-likeness (QED) is 0.691. The number of halogens is 1. The molecule has 0 atom stereocenters. The minimum absolute atomic E-state index is 0.298. The van der Waals surface area contributed by atoms with Gasteiger partial charge >= 0.3 is 0 Å². The molecule has 1 aliphatic heterocycles. The van der Waals surface area contributed by atoms with Crippen molar-refractivity contribution in [3.8, 4) is 0 Å². The van der Waals surface area contributed by atoms with Crippen LogP contribution >= 0.6 is 0 Å². The van der Waals surface area contributed by atoms with Gasteiger partial charge in [0.2, 0.25) is 5.95 Å². The highest BCUT2D eigenvalue weighted by Crippen LogP contribution is 2.29. The SMILES string of the molecule is Cc1cc(Nc2cccc(F)c2)nc(Nc2ccccc2N2CCOCC2)n1. The van der Waals surface area contributed by atoms with Gasteiger partial charge in [-0.1, -0.05) is 18.2 Å². The van der Waals surface area contributed by atoms with Crippen LogP contribution in [0.15, 0.2) is 54.6 Å². The van der Waals surface area contributed by atoms with Crippen molar-refractivity contribution in [1.82, 2.24) is 9.97 Å². The van der Waals surface area contributed by atoms with Crippen molar-refractivity contribution in [2.24, 2.45) is 0 Å². The first-order chi connectivity index (χ1) is 13.7. The number of nitrogens with one attached hydrogen (secondary N) is 2. The molecule has 0 amide bonds. The third-order valence-corrected chi connectivity index (χ3v) is 4.45. The summed E-state index contributed by atoms with van der Waals surface area (Å²) >= 11 is 0. The molecule has 2 aromatic carbocycles. The molecule has 0 bridgehead atoms. The van der Waals surface area contributed by atoms with Gasteiger partial charge in [-0.05, 0) is 37.3 Å². The summed E-state index contributed by atoms with van der Waals surface area (Å²) in [5.74, 6) is 0.789. The molecule has 6 nitrogen and oxygen atoms in total. The molecule has 1 aliphatic rings. The van der Waals surface area contributed by atoms with Crippen molar-refractivity contribution in [1.29, 1.82) is 0 Å². The molecule has 2 N–H and O–H groups in total. The van der Waals surface area contributed by atoms with Crippen LogP contribution in [-0.2, 0) is 4.74 Å². The highest BCUT2D eigenvalue weighted by atomic mass is 19.1. The Hall–Kier alpha value is -3.19. The Kier molecular flexibility index (Phi) is 5.34. The third-order valence-electron chi connectivity index (χ3n) is 4.45. The van der Waals surface area contributed by atoms with E-state index in [1.54, 1.807) is 12.1 Å². The minimum atomic E-state index is -0.298. The van der Waals surface area contributed by atoms with Crippen LogP contribution in [0.2, 0.25) is 0 Å². The lowest BCUT2D eigenvalue weighted by molar-refractivity contribution is 0.123. The van der Waals surface area contributed by atoms with Gasteiger partial charge in [-0.2, -0.15) is 4.98 Å². The van der Waals surface area contributed by atoms with Crippen LogP contribution in [0.25, 0.3) is 0 Å². The molecule has 0 radical (unpaired) electrons. The number of benzene rings is 2. The molecule has 0 unspecified atom stereocenters. The molecule has 144 valence electrons. The summed E-state index contributed by atoms with van der Waals surface area (Å²) in [7, 11) is 0. The number of morpholine rings is 1. The van der Waals surface area contributed by atoms with Crippen LogP contribution in [0.1, 0.15) is 5.69 Å². The molecular weight excluding hydrogens is 357 g/mol. The Balaban J connectivity index is 1.58. The standard InChI is InChI=1S/C21H22FN5O/c1-15-13-20(24-17-6-4-5-16(22)14-17)26-21(23-15)25-18-7-2-3-8-19(18)27-9-11-28-12-10-27/h2-8,13-14H,9-12H2,1H3,(H2,23,24,25,26). The Bertz CT molecular complexity index is 959. The number of hydrogen-bond donors (Lipinski definition) is 2. The van der Waals surface area contributed by atoms with E-state index in [9.17, 15) is 4.39 Å². The fraction of sp³-hybridized carbons (Fsp3) is 0.238. The normalized spacial score (nSPS) is 14.0. The maximum Gasteiger partial charge on any atom is 0.229 e. The molecule has 0 spiro atoms. The summed E-state index contributed by atoms with van der Waals surface area (Å²) in [5, 5.41) is 6.46. The second-order valence-electron chi connectivity index (χ2n) is 6.60. The fourth-order valence-electron chi connectivity index (χ4n) is 3.18. The molecule has 1 aromatic heterocycles. The zero-order valence-corrected chi connectivity index (χ0v) is 15.7. The lowest BCUT2D eigenvalue weighted by Gasteiger charge is -2.30. The summed E-state index contributed by atoms with van der Waals surface area (Å²) in [6, 6.07) is 16.2.